The Bertz CT molecular complexity index is 1190. The molecule has 1 aromatic heterocycles. The molecule has 7 nitrogen and oxygen atoms in total. The van der Waals surface area contributed by atoms with Gasteiger partial charge in [-0.15, -0.1) is 0 Å². The van der Waals surface area contributed by atoms with Crippen LogP contribution in [0.25, 0.3) is 11.3 Å². The van der Waals surface area contributed by atoms with Crippen LogP contribution in [0.2, 0.25) is 0 Å². The number of rotatable bonds is 6. The van der Waals surface area contributed by atoms with Crippen LogP contribution in [0.1, 0.15) is 25.0 Å². The van der Waals surface area contributed by atoms with Gasteiger partial charge in [-0.05, 0) is 48.7 Å². The van der Waals surface area contributed by atoms with Crippen molar-refractivity contribution in [3.05, 3.63) is 75.8 Å². The van der Waals surface area contributed by atoms with Crippen molar-refractivity contribution in [3.8, 4) is 11.3 Å². The van der Waals surface area contributed by atoms with Gasteiger partial charge < -0.3 is 10.6 Å². The van der Waals surface area contributed by atoms with Gasteiger partial charge in [0.2, 0.25) is 11.8 Å². The number of nitrogens with one attached hydrogen (secondary N) is 2. The second kappa shape index (κ2) is 9.34. The summed E-state index contributed by atoms with van der Waals surface area (Å²) in [5.74, 6) is -1.32. The van der Waals surface area contributed by atoms with Crippen molar-refractivity contribution in [2.75, 3.05) is 10.6 Å². The van der Waals surface area contributed by atoms with E-state index in [0.717, 1.165) is 22.2 Å². The Morgan fingerprint density at radius 1 is 1.03 bits per heavy atom. The molecular formula is C23H23FN4O3. The summed E-state index contributed by atoms with van der Waals surface area (Å²) in [5.41, 5.74) is 2.75. The molecule has 0 aliphatic carbocycles. The molecule has 0 saturated carbocycles. The SMILES string of the molecule is CCc1ccc(-c2cc(NC(C)=O)c(=O)n(CC(=O)Nc3ccc(F)cc3C)n2)cc1. The van der Waals surface area contributed by atoms with Gasteiger partial charge in [0.25, 0.3) is 5.56 Å². The molecule has 2 N–H and O–H groups in total. The number of hydrogen-bond donors (Lipinski definition) is 2. The molecule has 0 saturated heterocycles. The van der Waals surface area contributed by atoms with Gasteiger partial charge in [-0.25, -0.2) is 9.07 Å². The largest absolute Gasteiger partial charge is 0.324 e. The predicted octanol–water partition coefficient (Wildman–Crippen LogP) is 3.52. The summed E-state index contributed by atoms with van der Waals surface area (Å²) in [4.78, 5) is 36.8. The summed E-state index contributed by atoms with van der Waals surface area (Å²) in [5, 5.41) is 9.47. The number of aromatic nitrogens is 2. The van der Waals surface area contributed by atoms with Crippen molar-refractivity contribution < 1.29 is 14.0 Å². The molecule has 0 aliphatic rings. The molecular weight excluding hydrogens is 399 g/mol. The van der Waals surface area contributed by atoms with Crippen LogP contribution >= 0.6 is 0 Å². The van der Waals surface area contributed by atoms with E-state index in [0.29, 0.717) is 16.9 Å². The van der Waals surface area contributed by atoms with Crippen LogP contribution in [0.4, 0.5) is 15.8 Å². The molecule has 0 atom stereocenters. The molecule has 0 radical (unpaired) electrons. The molecule has 2 aromatic carbocycles. The van der Waals surface area contributed by atoms with E-state index < -0.39 is 23.2 Å². The minimum atomic E-state index is -0.602. The number of nitrogens with zero attached hydrogens (tertiary/aromatic N) is 2. The highest BCUT2D eigenvalue weighted by atomic mass is 19.1. The highest BCUT2D eigenvalue weighted by Gasteiger charge is 2.14. The molecule has 0 unspecified atom stereocenters. The van der Waals surface area contributed by atoms with Gasteiger partial charge in [-0.1, -0.05) is 31.2 Å². The number of anilines is 2. The van der Waals surface area contributed by atoms with Gasteiger partial charge in [0, 0.05) is 18.2 Å². The van der Waals surface area contributed by atoms with E-state index in [4.69, 9.17) is 0 Å². The van der Waals surface area contributed by atoms with Gasteiger partial charge in [0.05, 0.1) is 5.69 Å². The number of benzene rings is 2. The molecule has 3 aromatic rings. The summed E-state index contributed by atoms with van der Waals surface area (Å²) in [6.45, 7) is 4.63. The summed E-state index contributed by atoms with van der Waals surface area (Å²) < 4.78 is 14.3. The minimum Gasteiger partial charge on any atom is -0.324 e. The Hall–Kier alpha value is -3.81. The third kappa shape index (κ3) is 5.42. The van der Waals surface area contributed by atoms with Crippen LogP contribution in [0, 0.1) is 12.7 Å². The lowest BCUT2D eigenvalue weighted by Crippen LogP contribution is -2.32. The number of carbonyl (C=O) groups is 2. The zero-order chi connectivity index (χ0) is 22.5. The highest BCUT2D eigenvalue weighted by Crippen LogP contribution is 2.20. The first-order valence-electron chi connectivity index (χ1n) is 9.82. The average Bonchev–Trinajstić information content (AvgIpc) is 2.72. The lowest BCUT2D eigenvalue weighted by atomic mass is 10.1. The molecule has 1 heterocycles. The smallest absolute Gasteiger partial charge is 0.291 e. The van der Waals surface area contributed by atoms with Crippen LogP contribution in [-0.4, -0.2) is 21.6 Å². The monoisotopic (exact) mass is 422 g/mol. The quantitative estimate of drug-likeness (QED) is 0.636. The lowest BCUT2D eigenvalue weighted by molar-refractivity contribution is -0.117. The Morgan fingerprint density at radius 3 is 2.35 bits per heavy atom. The molecule has 160 valence electrons. The first kappa shape index (κ1) is 21.9. The van der Waals surface area contributed by atoms with Crippen LogP contribution in [0.5, 0.6) is 0 Å². The molecule has 0 bridgehead atoms. The fourth-order valence-electron chi connectivity index (χ4n) is 3.07. The number of aryl methyl sites for hydroxylation is 2. The number of halogens is 1. The Kier molecular flexibility index (Phi) is 6.59. The van der Waals surface area contributed by atoms with Crippen LogP contribution < -0.4 is 16.2 Å². The van der Waals surface area contributed by atoms with Gasteiger partial charge in [0.1, 0.15) is 18.0 Å². The maximum atomic E-state index is 13.3. The average molecular weight is 422 g/mol. The Morgan fingerprint density at radius 2 is 1.74 bits per heavy atom. The molecule has 0 spiro atoms. The molecule has 0 fully saturated rings. The van der Waals surface area contributed by atoms with E-state index in [9.17, 15) is 18.8 Å². The third-order valence-electron chi connectivity index (χ3n) is 4.70. The van der Waals surface area contributed by atoms with E-state index in [1.54, 1.807) is 6.92 Å². The fraction of sp³-hybridized carbons (Fsp3) is 0.217. The summed E-state index contributed by atoms with van der Waals surface area (Å²) in [6, 6.07) is 13.1. The van der Waals surface area contributed by atoms with Crippen molar-refractivity contribution in [2.24, 2.45) is 0 Å². The summed E-state index contributed by atoms with van der Waals surface area (Å²) in [6.07, 6.45) is 0.882. The number of amides is 2. The van der Waals surface area contributed by atoms with Crippen molar-refractivity contribution in [2.45, 2.75) is 33.7 Å². The van der Waals surface area contributed by atoms with E-state index >= 15 is 0 Å². The highest BCUT2D eigenvalue weighted by molar-refractivity contribution is 5.91. The lowest BCUT2D eigenvalue weighted by Gasteiger charge is -2.12. The first-order chi connectivity index (χ1) is 14.8. The standard InChI is InChI=1S/C23H23FN4O3/c1-4-16-5-7-17(8-6-16)20-12-21(25-15(3)29)23(31)28(27-20)13-22(30)26-19-10-9-18(24)11-14(19)2/h5-12H,4,13H2,1-3H3,(H,25,29)(H,26,30). The van der Waals surface area contributed by atoms with Gasteiger partial charge in [-0.2, -0.15) is 5.10 Å². The fourth-order valence-corrected chi connectivity index (χ4v) is 3.07. The van der Waals surface area contributed by atoms with Crippen molar-refractivity contribution in [1.82, 2.24) is 9.78 Å². The maximum absolute atomic E-state index is 13.3. The maximum Gasteiger partial charge on any atom is 0.291 e. The van der Waals surface area contributed by atoms with E-state index in [1.165, 1.54) is 31.2 Å². The minimum absolute atomic E-state index is 0.0304. The van der Waals surface area contributed by atoms with Gasteiger partial charge >= 0.3 is 0 Å². The second-order valence-electron chi connectivity index (χ2n) is 7.15. The summed E-state index contributed by atoms with van der Waals surface area (Å²) in [7, 11) is 0. The molecule has 0 aliphatic heterocycles. The molecule has 31 heavy (non-hydrogen) atoms. The second-order valence-corrected chi connectivity index (χ2v) is 7.15. The normalized spacial score (nSPS) is 10.6. The molecule has 8 heteroatoms. The van der Waals surface area contributed by atoms with Crippen molar-refractivity contribution >= 4 is 23.2 Å². The number of carbonyl (C=O) groups excluding carboxylic acids is 2. The zero-order valence-electron chi connectivity index (χ0n) is 17.5. The van der Waals surface area contributed by atoms with Gasteiger partial charge in [0.15, 0.2) is 0 Å². The predicted molar refractivity (Wildman–Crippen MR) is 117 cm³/mol. The topological polar surface area (TPSA) is 93.1 Å². The van der Waals surface area contributed by atoms with E-state index in [-0.39, 0.29) is 12.2 Å². The van der Waals surface area contributed by atoms with Crippen LogP contribution in [0.15, 0.2) is 53.3 Å². The number of hydrogen-bond acceptors (Lipinski definition) is 4. The zero-order valence-corrected chi connectivity index (χ0v) is 17.5. The van der Waals surface area contributed by atoms with Crippen molar-refractivity contribution in [1.29, 1.82) is 0 Å². The Labute approximate surface area is 178 Å². The van der Waals surface area contributed by atoms with Crippen molar-refractivity contribution in [3.63, 3.8) is 0 Å². The molecule has 2 amide bonds. The van der Waals surface area contributed by atoms with Crippen LogP contribution in [0.3, 0.4) is 0 Å². The summed E-state index contributed by atoms with van der Waals surface area (Å²) >= 11 is 0. The third-order valence-corrected chi connectivity index (χ3v) is 4.70. The van der Waals surface area contributed by atoms with Gasteiger partial charge in [-0.3, -0.25) is 14.4 Å². The van der Waals surface area contributed by atoms with E-state index in [1.807, 2.05) is 31.2 Å². The first-order valence-corrected chi connectivity index (χ1v) is 9.82. The Balaban J connectivity index is 1.94. The van der Waals surface area contributed by atoms with Crippen LogP contribution in [-0.2, 0) is 22.6 Å². The van der Waals surface area contributed by atoms with E-state index in [2.05, 4.69) is 15.7 Å². The molecule has 3 rings (SSSR count).